The largest absolute Gasteiger partial charge is 0.403 e. The van der Waals surface area contributed by atoms with Crippen LogP contribution in [0, 0.1) is 0 Å². The van der Waals surface area contributed by atoms with Gasteiger partial charge in [0.05, 0.1) is 61.6 Å². The van der Waals surface area contributed by atoms with Crippen LogP contribution >= 0.6 is 0 Å². The van der Waals surface area contributed by atoms with Crippen LogP contribution in [0.15, 0.2) is 199 Å². The number of anilines is 4. The van der Waals surface area contributed by atoms with Crippen molar-refractivity contribution in [1.82, 2.24) is 14.8 Å². The van der Waals surface area contributed by atoms with Gasteiger partial charge in [-0.3, -0.25) is 38.4 Å². The standard InChI is InChI=1S/C71H39N7O9/c1-2-32-74-54-17-7-6-12-44(54)51-35-41(24-31-55(51)74)75-63(79)45-25-20-39(33-52(45)67(75)83)42-13-8-15-49-60(42)69(85)77(65(49)81)57-30-23-37-18-27-47-56(29-22-36-19-28-48(57)59(37)58(36)47)76-64(80)46-26-21-40(34-53(46)68(76)84)43-14-9-16-50-61(43)70(86)78(66(50)82)71-73-72-62(87-71)38-10-4-3-5-11-38/h3-31,33-35H,2,32H2,1H3. The normalized spacial score (nSPS) is 14.7. The number of hydrogen-bond donors (Lipinski definition) is 0. The lowest BCUT2D eigenvalue weighted by molar-refractivity contribution is 0.0904. The van der Waals surface area contributed by atoms with Gasteiger partial charge in [0.1, 0.15) is 0 Å². The fourth-order valence-electron chi connectivity index (χ4n) is 13.5. The van der Waals surface area contributed by atoms with Gasteiger partial charge in [-0.1, -0.05) is 121 Å². The molecule has 2 aromatic heterocycles. The number of aromatic nitrogens is 3. The van der Waals surface area contributed by atoms with Crippen LogP contribution in [0.4, 0.5) is 23.1 Å². The topological polar surface area (TPSA) is 193 Å². The van der Waals surface area contributed by atoms with Crippen molar-refractivity contribution in [3.8, 4) is 33.7 Å². The minimum absolute atomic E-state index is 0.0728. The first-order valence-corrected chi connectivity index (χ1v) is 28.2. The van der Waals surface area contributed by atoms with Crippen molar-refractivity contribution in [2.45, 2.75) is 19.9 Å². The quantitative estimate of drug-likeness (QED) is 0.0986. The molecule has 4 aliphatic rings. The summed E-state index contributed by atoms with van der Waals surface area (Å²) < 4.78 is 8.07. The lowest BCUT2D eigenvalue weighted by atomic mass is 9.92. The second kappa shape index (κ2) is 18.0. The summed E-state index contributed by atoms with van der Waals surface area (Å²) >= 11 is 0. The Hall–Kier alpha value is -12.0. The number of imide groups is 4. The first-order valence-electron chi connectivity index (χ1n) is 28.2. The third-order valence-electron chi connectivity index (χ3n) is 17.4. The Morgan fingerprint density at radius 2 is 0.862 bits per heavy atom. The molecule has 0 fully saturated rings. The molecule has 0 spiro atoms. The molecule has 0 saturated heterocycles. The minimum Gasteiger partial charge on any atom is -0.403 e. The van der Waals surface area contributed by atoms with Crippen molar-refractivity contribution >= 4 is 124 Å². The molecule has 8 amide bonds. The molecule has 0 unspecified atom stereocenters. The van der Waals surface area contributed by atoms with E-state index in [0.717, 1.165) is 60.2 Å². The Balaban J connectivity index is 0.686. The number of benzene rings is 11. The molecule has 16 heteroatoms. The molecule has 0 radical (unpaired) electrons. The second-order valence-electron chi connectivity index (χ2n) is 22.0. The first kappa shape index (κ1) is 49.6. The van der Waals surface area contributed by atoms with Crippen molar-refractivity contribution in [1.29, 1.82) is 0 Å². The van der Waals surface area contributed by atoms with Crippen LogP contribution in [0.3, 0.4) is 0 Å². The number of nitrogens with zero attached hydrogens (tertiary/aromatic N) is 7. The van der Waals surface area contributed by atoms with Crippen LogP contribution in [0.2, 0.25) is 0 Å². The van der Waals surface area contributed by atoms with E-state index in [9.17, 15) is 33.6 Å². The van der Waals surface area contributed by atoms with E-state index in [4.69, 9.17) is 4.42 Å². The van der Waals surface area contributed by atoms with Crippen molar-refractivity contribution in [3.63, 3.8) is 0 Å². The zero-order valence-corrected chi connectivity index (χ0v) is 45.7. The predicted octanol–water partition coefficient (Wildman–Crippen LogP) is 13.7. The average Bonchev–Trinajstić information content (AvgIpc) is 1.80. The molecule has 17 rings (SSSR count). The average molecular weight is 1130 g/mol. The number of rotatable bonds is 9. The number of carbonyl (C=O) groups excluding carboxylic acids is 8. The molecule has 412 valence electrons. The smallest absolute Gasteiger partial charge is 0.332 e. The third kappa shape index (κ3) is 6.76. The molecule has 0 saturated carbocycles. The van der Waals surface area contributed by atoms with Gasteiger partial charge in [0, 0.05) is 44.7 Å². The number of carbonyl (C=O) groups is 8. The summed E-state index contributed by atoms with van der Waals surface area (Å²) in [5.74, 6) is -4.50. The van der Waals surface area contributed by atoms with E-state index in [1.165, 1.54) is 17.0 Å². The first-order chi connectivity index (χ1) is 42.5. The van der Waals surface area contributed by atoms with Gasteiger partial charge in [-0.15, -0.1) is 5.10 Å². The van der Waals surface area contributed by atoms with E-state index in [-0.39, 0.29) is 56.4 Å². The maximum absolute atomic E-state index is 15.1. The van der Waals surface area contributed by atoms with Crippen molar-refractivity contribution in [2.75, 3.05) is 19.6 Å². The van der Waals surface area contributed by atoms with Gasteiger partial charge in [-0.25, -0.2) is 14.7 Å². The molecule has 6 heterocycles. The van der Waals surface area contributed by atoms with Gasteiger partial charge in [-0.2, -0.15) is 4.90 Å². The molecule has 87 heavy (non-hydrogen) atoms. The highest BCUT2D eigenvalue weighted by molar-refractivity contribution is 6.42. The van der Waals surface area contributed by atoms with Gasteiger partial charge < -0.3 is 8.98 Å². The van der Waals surface area contributed by atoms with E-state index in [2.05, 4.69) is 27.8 Å². The molecule has 4 aliphatic heterocycles. The van der Waals surface area contributed by atoms with Crippen molar-refractivity contribution in [2.24, 2.45) is 0 Å². The minimum atomic E-state index is -0.693. The lowest BCUT2D eigenvalue weighted by Crippen LogP contribution is -2.30. The Bertz CT molecular complexity index is 5410. The molecule has 0 N–H and O–H groups in total. The SMILES string of the molecule is CCCn1c2ccccc2c2cc(N3C(=O)c4ccc(-c5cccc6c5C(=O)N(c5ccc7ccc8c(N9C(=O)c%10ccc(-c%11cccc%12c%11C(=O)N(c%11nnc(-c%13ccccc%13)o%11)C%12=O)cc%10C9=O)ccc9ccc5c7c98)C6=O)cc4C3=O)ccc21. The number of para-hydroxylation sites is 1. The fraction of sp³-hybridized carbons (Fsp3) is 0.0423. The summed E-state index contributed by atoms with van der Waals surface area (Å²) in [5.41, 5.74) is 6.52. The zero-order valence-electron chi connectivity index (χ0n) is 45.7. The van der Waals surface area contributed by atoms with Crippen LogP contribution in [-0.2, 0) is 6.54 Å². The molecule has 11 aromatic carbocycles. The molecular formula is C71H39N7O9. The van der Waals surface area contributed by atoms with Crippen molar-refractivity contribution < 1.29 is 42.8 Å². The summed E-state index contributed by atoms with van der Waals surface area (Å²) in [6, 6.07) is 56.4. The number of hydrogen-bond acceptors (Lipinski definition) is 11. The predicted molar refractivity (Wildman–Crippen MR) is 328 cm³/mol. The van der Waals surface area contributed by atoms with E-state index in [1.54, 1.807) is 103 Å². The monoisotopic (exact) mass is 1130 g/mol. The van der Waals surface area contributed by atoms with Gasteiger partial charge in [-0.05, 0) is 135 Å². The summed E-state index contributed by atoms with van der Waals surface area (Å²) in [6.07, 6.45) is 0.929. The van der Waals surface area contributed by atoms with Gasteiger partial charge >= 0.3 is 6.01 Å². The number of amides is 8. The van der Waals surface area contributed by atoms with Gasteiger partial charge in [0.15, 0.2) is 0 Å². The molecular weight excluding hydrogens is 1090 g/mol. The van der Waals surface area contributed by atoms with Gasteiger partial charge in [0.2, 0.25) is 5.89 Å². The van der Waals surface area contributed by atoms with Crippen LogP contribution < -0.4 is 19.6 Å². The van der Waals surface area contributed by atoms with E-state index >= 15 is 4.79 Å². The maximum atomic E-state index is 15.1. The van der Waals surface area contributed by atoms with E-state index in [0.29, 0.717) is 66.4 Å². The van der Waals surface area contributed by atoms with E-state index < -0.39 is 47.3 Å². The fourth-order valence-corrected chi connectivity index (χ4v) is 13.5. The molecule has 13 aromatic rings. The van der Waals surface area contributed by atoms with Crippen LogP contribution in [0.1, 0.15) is 96.2 Å². The van der Waals surface area contributed by atoms with Gasteiger partial charge in [0.25, 0.3) is 47.3 Å². The zero-order chi connectivity index (χ0) is 58.8. The Morgan fingerprint density at radius 1 is 0.356 bits per heavy atom. The molecule has 0 aliphatic carbocycles. The molecule has 16 nitrogen and oxygen atoms in total. The van der Waals surface area contributed by atoms with Crippen LogP contribution in [0.25, 0.3) is 87.8 Å². The molecule has 0 bridgehead atoms. The maximum Gasteiger partial charge on any atom is 0.332 e. The Morgan fingerprint density at radius 3 is 1.49 bits per heavy atom. The third-order valence-corrected chi connectivity index (χ3v) is 17.4. The highest BCUT2D eigenvalue weighted by Gasteiger charge is 2.45. The van der Waals surface area contributed by atoms with Crippen LogP contribution in [0.5, 0.6) is 0 Å². The highest BCUT2D eigenvalue weighted by atomic mass is 16.4. The second-order valence-corrected chi connectivity index (χ2v) is 22.0. The van der Waals surface area contributed by atoms with Crippen LogP contribution in [-0.4, -0.2) is 62.0 Å². The number of aryl methyl sites for hydroxylation is 1. The summed E-state index contributed by atoms with van der Waals surface area (Å²) in [7, 11) is 0. The summed E-state index contributed by atoms with van der Waals surface area (Å²) in [4.78, 5) is 120. The number of fused-ring (bicyclic) bond motifs is 7. The lowest BCUT2D eigenvalue weighted by Gasteiger charge is -2.22. The summed E-state index contributed by atoms with van der Waals surface area (Å²) in [6.45, 7) is 2.93. The van der Waals surface area contributed by atoms with E-state index in [1.807, 2.05) is 72.8 Å². The molecule has 0 atom stereocenters. The summed E-state index contributed by atoms with van der Waals surface area (Å²) in [5, 5.41) is 14.1. The Labute approximate surface area is 491 Å². The van der Waals surface area contributed by atoms with Crippen molar-refractivity contribution in [3.05, 3.63) is 239 Å². The highest BCUT2D eigenvalue weighted by Crippen LogP contribution is 2.47. The Kier molecular flexibility index (Phi) is 10.2.